The van der Waals surface area contributed by atoms with Gasteiger partial charge in [-0.25, -0.2) is 5.43 Å². The van der Waals surface area contributed by atoms with Gasteiger partial charge in [-0.2, -0.15) is 5.10 Å². The van der Waals surface area contributed by atoms with Crippen molar-refractivity contribution in [3.05, 3.63) is 143 Å². The van der Waals surface area contributed by atoms with E-state index in [0.29, 0.717) is 0 Å². The first-order valence-electron chi connectivity index (χ1n) is 11.8. The van der Waals surface area contributed by atoms with Crippen LogP contribution in [0.25, 0.3) is 10.9 Å². The second-order valence-electron chi connectivity index (χ2n) is 8.64. The Balaban J connectivity index is 1.41. The van der Waals surface area contributed by atoms with Gasteiger partial charge in [-0.05, 0) is 35.2 Å². The number of hydrogen-bond acceptors (Lipinski definition) is 2. The minimum Gasteiger partial charge on any atom is -0.342 e. The number of carbonyl (C=O) groups excluding carboxylic acids is 1. The molecule has 1 N–H and O–H groups in total. The first kappa shape index (κ1) is 22.4. The highest BCUT2D eigenvalue weighted by atomic mass is 16.2. The monoisotopic (exact) mass is 457 g/mol. The largest absolute Gasteiger partial charge is 0.342 e. The third-order valence-electron chi connectivity index (χ3n) is 6.33. The summed E-state index contributed by atoms with van der Waals surface area (Å²) in [5.41, 5.74) is 9.28. The lowest BCUT2D eigenvalue weighted by Gasteiger charge is -2.16. The van der Waals surface area contributed by atoms with Crippen molar-refractivity contribution in [1.82, 2.24) is 9.99 Å². The van der Waals surface area contributed by atoms with E-state index >= 15 is 0 Å². The Morgan fingerprint density at radius 1 is 0.829 bits per heavy atom. The molecule has 0 aliphatic heterocycles. The number of carbonyl (C=O) groups is 1. The molecule has 1 heterocycles. The van der Waals surface area contributed by atoms with Crippen LogP contribution in [-0.4, -0.2) is 16.7 Å². The molecule has 5 rings (SSSR count). The van der Waals surface area contributed by atoms with Gasteiger partial charge in [0.25, 0.3) is 5.91 Å². The molecule has 172 valence electrons. The maximum Gasteiger partial charge on any atom is 0.252 e. The van der Waals surface area contributed by atoms with Gasteiger partial charge in [0.2, 0.25) is 0 Å². The average molecular weight is 458 g/mol. The fourth-order valence-electron chi connectivity index (χ4n) is 4.50. The van der Waals surface area contributed by atoms with Crippen molar-refractivity contribution in [2.24, 2.45) is 5.10 Å². The van der Waals surface area contributed by atoms with Crippen molar-refractivity contribution in [2.75, 3.05) is 0 Å². The Hall–Kier alpha value is -4.44. The van der Waals surface area contributed by atoms with Crippen LogP contribution in [0.4, 0.5) is 0 Å². The predicted octanol–water partition coefficient (Wildman–Crippen LogP) is 6.28. The van der Waals surface area contributed by atoms with Gasteiger partial charge in [-0.3, -0.25) is 4.79 Å². The molecule has 0 spiro atoms. The molecule has 0 fully saturated rings. The number of nitrogens with zero attached hydrogens (tertiary/aromatic N) is 2. The molecule has 4 aromatic carbocycles. The molecule has 0 unspecified atom stereocenters. The zero-order valence-corrected chi connectivity index (χ0v) is 19.6. The molecule has 0 saturated heterocycles. The minimum absolute atomic E-state index is 0.165. The van der Waals surface area contributed by atoms with E-state index in [0.717, 1.165) is 34.1 Å². The summed E-state index contributed by atoms with van der Waals surface area (Å²) in [6, 6.07) is 36.3. The summed E-state index contributed by atoms with van der Waals surface area (Å²) < 4.78 is 2.23. The maximum absolute atomic E-state index is 13.3. The van der Waals surface area contributed by atoms with Crippen LogP contribution >= 0.6 is 0 Å². The third-order valence-corrected chi connectivity index (χ3v) is 6.33. The van der Waals surface area contributed by atoms with Crippen molar-refractivity contribution < 1.29 is 4.79 Å². The lowest BCUT2D eigenvalue weighted by atomic mass is 9.91. The summed E-state index contributed by atoms with van der Waals surface area (Å²) in [5.74, 6) is -0.598. The summed E-state index contributed by atoms with van der Waals surface area (Å²) in [6.45, 7) is 2.91. The van der Waals surface area contributed by atoms with Gasteiger partial charge in [-0.15, -0.1) is 0 Å². The Morgan fingerprint density at radius 2 is 1.43 bits per heavy atom. The van der Waals surface area contributed by atoms with Gasteiger partial charge in [0, 0.05) is 29.2 Å². The van der Waals surface area contributed by atoms with Crippen LogP contribution in [-0.2, 0) is 11.3 Å². The molecule has 1 amide bonds. The van der Waals surface area contributed by atoms with Gasteiger partial charge >= 0.3 is 0 Å². The van der Waals surface area contributed by atoms with E-state index in [1.54, 1.807) is 6.21 Å². The molecule has 1 aromatic heterocycles. The van der Waals surface area contributed by atoms with Crippen LogP contribution in [0.3, 0.4) is 0 Å². The second-order valence-corrected chi connectivity index (χ2v) is 8.64. The van der Waals surface area contributed by atoms with E-state index in [9.17, 15) is 4.79 Å². The van der Waals surface area contributed by atoms with Crippen molar-refractivity contribution in [2.45, 2.75) is 19.4 Å². The van der Waals surface area contributed by atoms with E-state index in [-0.39, 0.29) is 5.91 Å². The molecule has 0 bridgehead atoms. The Labute approximate surface area is 205 Å². The molecule has 4 nitrogen and oxygen atoms in total. The first-order chi connectivity index (χ1) is 17.2. The highest BCUT2D eigenvalue weighted by Crippen LogP contribution is 2.25. The Kier molecular flexibility index (Phi) is 6.53. The fourth-order valence-corrected chi connectivity index (χ4v) is 4.50. The first-order valence-corrected chi connectivity index (χ1v) is 11.8. The highest BCUT2D eigenvalue weighted by molar-refractivity contribution is 6.00. The molecule has 0 atom stereocenters. The predicted molar refractivity (Wildman–Crippen MR) is 143 cm³/mol. The van der Waals surface area contributed by atoms with E-state index < -0.39 is 5.92 Å². The fraction of sp³-hybridized carbons (Fsp3) is 0.0968. The molecule has 0 aliphatic rings. The third kappa shape index (κ3) is 4.92. The zero-order valence-electron chi connectivity index (χ0n) is 19.6. The highest BCUT2D eigenvalue weighted by Gasteiger charge is 2.22. The van der Waals surface area contributed by atoms with Crippen molar-refractivity contribution in [3.8, 4) is 0 Å². The number of para-hydroxylation sites is 1. The lowest BCUT2D eigenvalue weighted by molar-refractivity contribution is -0.121. The van der Waals surface area contributed by atoms with Crippen LogP contribution in [0.5, 0.6) is 0 Å². The zero-order chi connectivity index (χ0) is 24.0. The van der Waals surface area contributed by atoms with Gasteiger partial charge in [0.1, 0.15) is 0 Å². The van der Waals surface area contributed by atoms with Gasteiger partial charge in [0.05, 0.1) is 12.1 Å². The van der Waals surface area contributed by atoms with E-state index in [2.05, 4.69) is 64.6 Å². The number of amides is 1. The SMILES string of the molecule is Cc1ccccc1Cn1cc(/C=N\NC(=O)C(c2ccccc2)c2ccccc2)c2ccccc21. The van der Waals surface area contributed by atoms with Crippen LogP contribution in [0.1, 0.15) is 33.7 Å². The molecule has 0 aliphatic carbocycles. The minimum atomic E-state index is -0.433. The normalized spacial score (nSPS) is 11.4. The Bertz CT molecular complexity index is 1430. The number of nitrogens with one attached hydrogen (secondary N) is 1. The number of rotatable bonds is 7. The lowest BCUT2D eigenvalue weighted by Crippen LogP contribution is -2.26. The number of benzene rings is 4. The smallest absolute Gasteiger partial charge is 0.252 e. The van der Waals surface area contributed by atoms with Crippen LogP contribution in [0.2, 0.25) is 0 Å². The topological polar surface area (TPSA) is 46.4 Å². The standard InChI is InChI=1S/C31H27N3O/c1-23-12-8-9-17-26(23)21-34-22-27(28-18-10-11-19-29(28)34)20-32-33-31(35)30(24-13-4-2-5-14-24)25-15-6-3-7-16-25/h2-20,22,30H,21H2,1H3,(H,33,35)/b32-20-. The van der Waals surface area contributed by atoms with E-state index in [1.807, 2.05) is 72.8 Å². The van der Waals surface area contributed by atoms with Gasteiger partial charge in [-0.1, -0.05) is 103 Å². The maximum atomic E-state index is 13.3. The van der Waals surface area contributed by atoms with Crippen molar-refractivity contribution in [1.29, 1.82) is 0 Å². The summed E-state index contributed by atoms with van der Waals surface area (Å²) >= 11 is 0. The molecule has 5 aromatic rings. The number of hydrogen-bond donors (Lipinski definition) is 1. The van der Waals surface area contributed by atoms with Crippen LogP contribution in [0, 0.1) is 6.92 Å². The molecular weight excluding hydrogens is 430 g/mol. The molecule has 0 radical (unpaired) electrons. The average Bonchev–Trinajstić information content (AvgIpc) is 3.24. The van der Waals surface area contributed by atoms with Crippen LogP contribution < -0.4 is 5.43 Å². The van der Waals surface area contributed by atoms with E-state index in [4.69, 9.17) is 0 Å². The summed E-state index contributed by atoms with van der Waals surface area (Å²) in [5, 5.41) is 5.46. The number of hydrazone groups is 1. The van der Waals surface area contributed by atoms with Crippen LogP contribution in [0.15, 0.2) is 120 Å². The van der Waals surface area contributed by atoms with Crippen molar-refractivity contribution in [3.63, 3.8) is 0 Å². The molecular formula is C31H27N3O. The molecule has 35 heavy (non-hydrogen) atoms. The summed E-state index contributed by atoms with van der Waals surface area (Å²) in [6.07, 6.45) is 3.83. The second kappa shape index (κ2) is 10.2. The van der Waals surface area contributed by atoms with Crippen molar-refractivity contribution >= 4 is 23.0 Å². The number of fused-ring (bicyclic) bond motifs is 1. The summed E-state index contributed by atoms with van der Waals surface area (Å²) in [4.78, 5) is 13.3. The number of aromatic nitrogens is 1. The molecule has 4 heteroatoms. The quantitative estimate of drug-likeness (QED) is 0.227. The number of aryl methyl sites for hydroxylation is 1. The summed E-state index contributed by atoms with van der Waals surface area (Å²) in [7, 11) is 0. The molecule has 0 saturated carbocycles. The van der Waals surface area contributed by atoms with E-state index in [1.165, 1.54) is 11.1 Å². The van der Waals surface area contributed by atoms with Gasteiger partial charge < -0.3 is 4.57 Å². The Morgan fingerprint density at radius 3 is 2.11 bits per heavy atom. The van der Waals surface area contributed by atoms with Gasteiger partial charge in [0.15, 0.2) is 0 Å².